The highest BCUT2D eigenvalue weighted by molar-refractivity contribution is 6.06. The molecule has 0 saturated heterocycles. The Labute approximate surface area is 211 Å². The topological polar surface area (TPSA) is 96.0 Å². The highest BCUT2D eigenvalue weighted by atomic mass is 19.4. The van der Waals surface area contributed by atoms with E-state index in [4.69, 9.17) is 4.74 Å². The molecule has 2 aromatic carbocycles. The Morgan fingerprint density at radius 1 is 1.16 bits per heavy atom. The van der Waals surface area contributed by atoms with E-state index in [1.807, 2.05) is 6.92 Å². The van der Waals surface area contributed by atoms with Gasteiger partial charge in [0.15, 0.2) is 11.5 Å². The van der Waals surface area contributed by atoms with Crippen molar-refractivity contribution in [2.45, 2.75) is 32.7 Å². The number of nitrogens with zero attached hydrogens (tertiary/aromatic N) is 2. The summed E-state index contributed by atoms with van der Waals surface area (Å²) >= 11 is 0. The number of hydrazone groups is 1. The summed E-state index contributed by atoms with van der Waals surface area (Å²) in [5.41, 5.74) is 2.68. The van der Waals surface area contributed by atoms with Crippen LogP contribution in [0.5, 0.6) is 11.5 Å². The lowest BCUT2D eigenvalue weighted by Crippen LogP contribution is -2.36. The average molecular weight is 515 g/mol. The predicted molar refractivity (Wildman–Crippen MR) is 130 cm³/mol. The van der Waals surface area contributed by atoms with Crippen molar-refractivity contribution in [2.24, 2.45) is 11.0 Å². The first kappa shape index (κ1) is 25.8. The average Bonchev–Trinajstić information content (AvgIpc) is 3.40. The number of aromatic nitrogens is 1. The minimum atomic E-state index is -4.89. The number of halogens is 3. The van der Waals surface area contributed by atoms with Crippen LogP contribution in [-0.4, -0.2) is 41.0 Å². The van der Waals surface area contributed by atoms with Crippen molar-refractivity contribution < 1.29 is 32.2 Å². The van der Waals surface area contributed by atoms with Gasteiger partial charge in [0, 0.05) is 29.8 Å². The lowest BCUT2D eigenvalue weighted by Gasteiger charge is -2.29. The molecule has 1 atom stereocenters. The van der Waals surface area contributed by atoms with E-state index in [-0.39, 0.29) is 36.4 Å². The number of alkyl halides is 3. The molecule has 1 aliphatic heterocycles. The van der Waals surface area contributed by atoms with Gasteiger partial charge in [0.25, 0.3) is 5.91 Å². The van der Waals surface area contributed by atoms with Crippen LogP contribution < -0.4 is 14.8 Å². The van der Waals surface area contributed by atoms with Crippen LogP contribution >= 0.6 is 0 Å². The number of amides is 2. The molecule has 11 heteroatoms. The van der Waals surface area contributed by atoms with Gasteiger partial charge in [-0.3, -0.25) is 9.59 Å². The molecule has 1 unspecified atom stereocenters. The largest absolute Gasteiger partial charge is 0.573 e. The zero-order valence-electron chi connectivity index (χ0n) is 20.1. The number of H-pyrrole nitrogens is 1. The van der Waals surface area contributed by atoms with Crippen LogP contribution in [0.3, 0.4) is 0 Å². The number of hydrogen-bond acceptors (Lipinski definition) is 5. The fourth-order valence-corrected chi connectivity index (χ4v) is 4.01. The van der Waals surface area contributed by atoms with Gasteiger partial charge >= 0.3 is 6.36 Å². The summed E-state index contributed by atoms with van der Waals surface area (Å²) in [5.74, 6) is -1.29. The molecule has 0 spiro atoms. The van der Waals surface area contributed by atoms with Gasteiger partial charge in [-0.15, -0.1) is 13.2 Å². The SMILES string of the molecule is CCC1CC(=O)N(Cc2ccc(NC(=O)c3ccc[nH]3)cc2)N=C1c1ccc(OC)c(OC(F)(F)F)c1. The van der Waals surface area contributed by atoms with E-state index in [1.54, 1.807) is 48.7 Å². The maximum absolute atomic E-state index is 12.9. The molecule has 3 aromatic rings. The monoisotopic (exact) mass is 514 g/mol. The van der Waals surface area contributed by atoms with Crippen molar-refractivity contribution in [1.82, 2.24) is 9.99 Å². The van der Waals surface area contributed by atoms with Gasteiger partial charge in [0.05, 0.1) is 19.4 Å². The van der Waals surface area contributed by atoms with Crippen LogP contribution in [0.15, 0.2) is 65.9 Å². The smallest absolute Gasteiger partial charge is 0.493 e. The summed E-state index contributed by atoms with van der Waals surface area (Å²) < 4.78 is 47.9. The predicted octanol–water partition coefficient (Wildman–Crippen LogP) is 5.34. The van der Waals surface area contributed by atoms with E-state index in [2.05, 4.69) is 20.1 Å². The molecule has 37 heavy (non-hydrogen) atoms. The summed E-state index contributed by atoms with van der Waals surface area (Å²) in [7, 11) is 1.25. The molecule has 2 N–H and O–H groups in total. The highest BCUT2D eigenvalue weighted by Gasteiger charge is 2.34. The Balaban J connectivity index is 1.55. The molecule has 0 radical (unpaired) electrons. The van der Waals surface area contributed by atoms with Crippen LogP contribution in [-0.2, 0) is 11.3 Å². The third kappa shape index (κ3) is 6.29. The van der Waals surface area contributed by atoms with Crippen LogP contribution in [0.25, 0.3) is 0 Å². The molecule has 8 nitrogen and oxygen atoms in total. The van der Waals surface area contributed by atoms with Crippen molar-refractivity contribution >= 4 is 23.2 Å². The van der Waals surface area contributed by atoms with Crippen molar-refractivity contribution in [3.05, 3.63) is 77.6 Å². The number of ether oxygens (including phenoxy) is 2. The molecule has 1 aromatic heterocycles. The molecule has 0 saturated carbocycles. The number of aromatic amines is 1. The summed E-state index contributed by atoms with van der Waals surface area (Å²) in [6.07, 6.45) is -2.49. The number of hydrogen-bond donors (Lipinski definition) is 2. The van der Waals surface area contributed by atoms with Crippen LogP contribution in [0, 0.1) is 5.92 Å². The van der Waals surface area contributed by atoms with Crippen LogP contribution in [0.4, 0.5) is 18.9 Å². The van der Waals surface area contributed by atoms with Crippen molar-refractivity contribution in [3.8, 4) is 11.5 Å². The number of methoxy groups -OCH3 is 1. The number of benzene rings is 2. The van der Waals surface area contributed by atoms with E-state index in [0.29, 0.717) is 29.1 Å². The van der Waals surface area contributed by atoms with E-state index >= 15 is 0 Å². The first-order valence-electron chi connectivity index (χ1n) is 11.5. The van der Waals surface area contributed by atoms with Crippen molar-refractivity contribution in [3.63, 3.8) is 0 Å². The van der Waals surface area contributed by atoms with E-state index in [1.165, 1.54) is 24.3 Å². The summed E-state index contributed by atoms with van der Waals surface area (Å²) in [5, 5.41) is 8.61. The molecular formula is C26H25F3N4O4. The number of carbonyl (C=O) groups is 2. The van der Waals surface area contributed by atoms with Crippen LogP contribution in [0.1, 0.15) is 41.4 Å². The number of rotatable bonds is 8. The highest BCUT2D eigenvalue weighted by Crippen LogP contribution is 2.35. The zero-order chi connectivity index (χ0) is 26.6. The molecule has 0 bridgehead atoms. The van der Waals surface area contributed by atoms with Gasteiger partial charge in [-0.1, -0.05) is 19.1 Å². The van der Waals surface area contributed by atoms with Gasteiger partial charge in [0.2, 0.25) is 5.91 Å². The normalized spacial score (nSPS) is 15.8. The molecular weight excluding hydrogens is 489 g/mol. The molecule has 4 rings (SSSR count). The van der Waals surface area contributed by atoms with E-state index in [9.17, 15) is 22.8 Å². The number of nitrogens with one attached hydrogen (secondary N) is 2. The Morgan fingerprint density at radius 3 is 2.54 bits per heavy atom. The van der Waals surface area contributed by atoms with E-state index < -0.39 is 12.1 Å². The van der Waals surface area contributed by atoms with Crippen LogP contribution in [0.2, 0.25) is 0 Å². The van der Waals surface area contributed by atoms with Crippen molar-refractivity contribution in [2.75, 3.05) is 12.4 Å². The number of anilines is 1. The third-order valence-corrected chi connectivity index (χ3v) is 5.89. The first-order chi connectivity index (χ1) is 17.7. The Bertz CT molecular complexity index is 1290. The second-order valence-electron chi connectivity index (χ2n) is 8.39. The van der Waals surface area contributed by atoms with Gasteiger partial charge in [-0.25, -0.2) is 5.01 Å². The Hall–Kier alpha value is -4.28. The van der Waals surface area contributed by atoms with Gasteiger partial charge in [0.1, 0.15) is 5.69 Å². The Kier molecular flexibility index (Phi) is 7.51. The zero-order valence-corrected chi connectivity index (χ0v) is 20.1. The minimum absolute atomic E-state index is 0.0677. The minimum Gasteiger partial charge on any atom is -0.493 e. The lowest BCUT2D eigenvalue weighted by atomic mass is 9.89. The fraction of sp³-hybridized carbons (Fsp3) is 0.269. The molecule has 1 aliphatic rings. The molecule has 2 heterocycles. The third-order valence-electron chi connectivity index (χ3n) is 5.89. The Morgan fingerprint density at radius 2 is 1.92 bits per heavy atom. The lowest BCUT2D eigenvalue weighted by molar-refractivity contribution is -0.275. The van der Waals surface area contributed by atoms with Crippen molar-refractivity contribution in [1.29, 1.82) is 0 Å². The standard InChI is InChI=1S/C26H25F3N4O4/c1-3-17-14-23(34)33(15-16-6-9-19(10-7-16)31-25(35)20-5-4-12-30-20)32-24(17)18-8-11-21(36-2)22(13-18)37-26(27,28)29/h4-13,17,30H,3,14-15H2,1-2H3,(H,31,35). The summed E-state index contributed by atoms with van der Waals surface area (Å²) in [6.45, 7) is 2.05. The summed E-state index contributed by atoms with van der Waals surface area (Å²) in [4.78, 5) is 27.8. The maximum Gasteiger partial charge on any atom is 0.573 e. The second kappa shape index (κ2) is 10.8. The fourth-order valence-electron chi connectivity index (χ4n) is 4.01. The maximum atomic E-state index is 12.9. The quantitative estimate of drug-likeness (QED) is 0.424. The summed E-state index contributed by atoms with van der Waals surface area (Å²) in [6, 6.07) is 14.5. The molecule has 194 valence electrons. The van der Waals surface area contributed by atoms with Gasteiger partial charge in [-0.2, -0.15) is 5.10 Å². The molecule has 2 amide bonds. The van der Waals surface area contributed by atoms with Gasteiger partial charge in [-0.05, 0) is 54.4 Å². The first-order valence-corrected chi connectivity index (χ1v) is 11.5. The second-order valence-corrected chi connectivity index (χ2v) is 8.39. The van der Waals surface area contributed by atoms with Gasteiger partial charge < -0.3 is 19.8 Å². The van der Waals surface area contributed by atoms with E-state index in [0.717, 1.165) is 5.56 Å². The molecule has 0 aliphatic carbocycles. The number of carbonyl (C=O) groups excluding carboxylic acids is 2. The molecule has 0 fully saturated rings.